The van der Waals surface area contributed by atoms with E-state index in [1.807, 2.05) is 26.1 Å². The van der Waals surface area contributed by atoms with E-state index in [4.69, 9.17) is 10.5 Å². The van der Waals surface area contributed by atoms with Crippen LogP contribution >= 0.6 is 0 Å². The second-order valence-electron chi connectivity index (χ2n) is 7.30. The van der Waals surface area contributed by atoms with E-state index in [0.29, 0.717) is 6.61 Å². The lowest BCUT2D eigenvalue weighted by Crippen LogP contribution is -2.43. The number of hydrogen-bond acceptors (Lipinski definition) is 4. The molecule has 1 unspecified atom stereocenters. The number of nitrogens with zero attached hydrogens (tertiary/aromatic N) is 3. The minimum Gasteiger partial charge on any atom is -0.494 e. The van der Waals surface area contributed by atoms with E-state index in [2.05, 4.69) is 32.2 Å². The molecule has 0 radical (unpaired) electrons. The maximum Gasteiger partial charge on any atom is 0.221 e. The van der Waals surface area contributed by atoms with Crippen molar-refractivity contribution in [2.75, 3.05) is 46.9 Å². The van der Waals surface area contributed by atoms with Gasteiger partial charge in [0.05, 0.1) is 12.5 Å². The minimum absolute atomic E-state index is 0.00900. The highest BCUT2D eigenvalue weighted by Crippen LogP contribution is 2.16. The van der Waals surface area contributed by atoms with Gasteiger partial charge in [0.1, 0.15) is 5.75 Å². The summed E-state index contributed by atoms with van der Waals surface area (Å²) in [6.07, 6.45) is 2.97. The molecule has 1 aromatic carbocycles. The van der Waals surface area contributed by atoms with Crippen molar-refractivity contribution in [1.82, 2.24) is 15.1 Å². The van der Waals surface area contributed by atoms with E-state index < -0.39 is 0 Å². The number of amides is 1. The number of piperidine rings is 1. The van der Waals surface area contributed by atoms with E-state index in [0.717, 1.165) is 63.7 Å². The van der Waals surface area contributed by atoms with Crippen LogP contribution in [0.1, 0.15) is 31.7 Å². The Morgan fingerprint density at radius 3 is 2.79 bits per heavy atom. The molecule has 1 aromatic rings. The van der Waals surface area contributed by atoms with Crippen molar-refractivity contribution in [3.63, 3.8) is 0 Å². The van der Waals surface area contributed by atoms with Crippen LogP contribution in [0.15, 0.2) is 29.3 Å². The first-order valence-electron chi connectivity index (χ1n) is 10.2. The number of carbonyl (C=O) groups is 1. The molecule has 1 saturated heterocycles. The third kappa shape index (κ3) is 7.03. The molecule has 28 heavy (non-hydrogen) atoms. The molecule has 0 bridgehead atoms. The highest BCUT2D eigenvalue weighted by atomic mass is 16.5. The molecule has 0 aromatic heterocycles. The normalized spacial score (nSPS) is 18.0. The molecule has 1 fully saturated rings. The molecule has 0 saturated carbocycles. The van der Waals surface area contributed by atoms with Crippen LogP contribution in [0.5, 0.6) is 5.75 Å². The Morgan fingerprint density at radius 2 is 2.14 bits per heavy atom. The molecular formula is C21H35N5O2. The molecular weight excluding hydrogens is 354 g/mol. The largest absolute Gasteiger partial charge is 0.494 e. The van der Waals surface area contributed by atoms with E-state index in [1.54, 1.807) is 7.05 Å². The highest BCUT2D eigenvalue weighted by molar-refractivity contribution is 5.79. The quantitative estimate of drug-likeness (QED) is 0.381. The lowest BCUT2D eigenvalue weighted by molar-refractivity contribution is -0.123. The van der Waals surface area contributed by atoms with Gasteiger partial charge < -0.3 is 25.6 Å². The number of likely N-dealkylation sites (tertiary alicyclic amines) is 1. The fraction of sp³-hybridized carbons (Fsp3) is 0.619. The van der Waals surface area contributed by atoms with Gasteiger partial charge in [0, 0.05) is 33.7 Å². The maximum atomic E-state index is 11.4. The molecule has 3 N–H and O–H groups in total. The number of rotatable bonds is 9. The van der Waals surface area contributed by atoms with Gasteiger partial charge in [-0.2, -0.15) is 0 Å². The van der Waals surface area contributed by atoms with Gasteiger partial charge in [-0.1, -0.05) is 12.1 Å². The maximum absolute atomic E-state index is 11.4. The van der Waals surface area contributed by atoms with Crippen LogP contribution in [-0.2, 0) is 11.3 Å². The number of guanidine groups is 1. The van der Waals surface area contributed by atoms with E-state index >= 15 is 0 Å². The predicted molar refractivity (Wildman–Crippen MR) is 113 cm³/mol. The first-order chi connectivity index (χ1) is 13.5. The zero-order valence-electron chi connectivity index (χ0n) is 17.5. The molecule has 0 spiro atoms. The van der Waals surface area contributed by atoms with Crippen LogP contribution < -0.4 is 15.8 Å². The van der Waals surface area contributed by atoms with Gasteiger partial charge in [0.25, 0.3) is 0 Å². The average Bonchev–Trinajstić information content (AvgIpc) is 2.70. The van der Waals surface area contributed by atoms with Crippen molar-refractivity contribution < 1.29 is 9.53 Å². The number of benzene rings is 1. The SMILES string of the molecule is CCOc1ccc(CN(C)C(=NC)NCCCN2CCCC(C(N)=O)C2)cc1. The van der Waals surface area contributed by atoms with Crippen LogP contribution in [0.3, 0.4) is 0 Å². The monoisotopic (exact) mass is 389 g/mol. The van der Waals surface area contributed by atoms with Crippen molar-refractivity contribution in [1.29, 1.82) is 0 Å². The lowest BCUT2D eigenvalue weighted by Gasteiger charge is -2.31. The third-order valence-electron chi connectivity index (χ3n) is 5.07. The Balaban J connectivity index is 1.72. The van der Waals surface area contributed by atoms with Crippen LogP contribution in [0, 0.1) is 5.92 Å². The summed E-state index contributed by atoms with van der Waals surface area (Å²) in [7, 11) is 3.84. The lowest BCUT2D eigenvalue weighted by atomic mass is 9.97. The summed E-state index contributed by atoms with van der Waals surface area (Å²) in [5, 5.41) is 3.43. The van der Waals surface area contributed by atoms with Crippen molar-refractivity contribution in [3.8, 4) is 5.75 Å². The van der Waals surface area contributed by atoms with E-state index in [9.17, 15) is 4.79 Å². The summed E-state index contributed by atoms with van der Waals surface area (Å²) >= 11 is 0. The number of nitrogens with two attached hydrogens (primary N) is 1. The second-order valence-corrected chi connectivity index (χ2v) is 7.30. The number of aliphatic imine (C=N–C) groups is 1. The third-order valence-corrected chi connectivity index (χ3v) is 5.07. The number of hydrogen-bond donors (Lipinski definition) is 2. The average molecular weight is 390 g/mol. The van der Waals surface area contributed by atoms with Crippen molar-refractivity contribution in [3.05, 3.63) is 29.8 Å². The molecule has 1 amide bonds. The van der Waals surface area contributed by atoms with Gasteiger partial charge in [-0.25, -0.2) is 0 Å². The molecule has 1 atom stereocenters. The molecule has 156 valence electrons. The molecule has 0 aliphatic carbocycles. The topological polar surface area (TPSA) is 83.2 Å². The number of nitrogens with one attached hydrogen (secondary N) is 1. The summed E-state index contributed by atoms with van der Waals surface area (Å²) in [5.41, 5.74) is 6.66. The van der Waals surface area contributed by atoms with Crippen LogP contribution in [0.4, 0.5) is 0 Å². The molecule has 7 heteroatoms. The number of primary amides is 1. The molecule has 1 aliphatic heterocycles. The van der Waals surface area contributed by atoms with Gasteiger partial charge in [0.2, 0.25) is 5.91 Å². The standard InChI is InChI=1S/C21H35N5O2/c1-4-28-19-10-8-17(9-11-19)15-25(3)21(23-2)24-12-6-14-26-13-5-7-18(16-26)20(22)27/h8-11,18H,4-7,12-16H2,1-3H3,(H2,22,27)(H,23,24). The Hall–Kier alpha value is -2.28. The van der Waals surface area contributed by atoms with Gasteiger partial charge in [0.15, 0.2) is 5.96 Å². The van der Waals surface area contributed by atoms with Gasteiger partial charge in [-0.15, -0.1) is 0 Å². The molecule has 7 nitrogen and oxygen atoms in total. The molecule has 2 rings (SSSR count). The summed E-state index contributed by atoms with van der Waals surface area (Å²) in [5.74, 6) is 1.61. The Morgan fingerprint density at radius 1 is 1.39 bits per heavy atom. The highest BCUT2D eigenvalue weighted by Gasteiger charge is 2.23. The fourth-order valence-electron chi connectivity index (χ4n) is 3.58. The zero-order chi connectivity index (χ0) is 20.4. The first-order valence-corrected chi connectivity index (χ1v) is 10.2. The van der Waals surface area contributed by atoms with Crippen LogP contribution in [0.25, 0.3) is 0 Å². The smallest absolute Gasteiger partial charge is 0.221 e. The second kappa shape index (κ2) is 11.5. The van der Waals surface area contributed by atoms with Crippen molar-refractivity contribution in [2.45, 2.75) is 32.7 Å². The molecule has 1 heterocycles. The predicted octanol–water partition coefficient (Wildman–Crippen LogP) is 1.68. The summed E-state index contributed by atoms with van der Waals surface area (Å²) < 4.78 is 5.49. The van der Waals surface area contributed by atoms with E-state index in [1.165, 1.54) is 5.56 Å². The summed E-state index contributed by atoms with van der Waals surface area (Å²) in [4.78, 5) is 20.2. The van der Waals surface area contributed by atoms with Gasteiger partial charge in [-0.05, 0) is 57.0 Å². The summed E-state index contributed by atoms with van der Waals surface area (Å²) in [6, 6.07) is 8.17. The number of ether oxygens (including phenoxy) is 1. The fourth-order valence-corrected chi connectivity index (χ4v) is 3.58. The zero-order valence-corrected chi connectivity index (χ0v) is 17.5. The van der Waals surface area contributed by atoms with Gasteiger partial charge in [-0.3, -0.25) is 9.79 Å². The minimum atomic E-state index is -0.167. The Bertz CT molecular complexity index is 632. The Kier molecular flexibility index (Phi) is 9.07. The van der Waals surface area contributed by atoms with Crippen molar-refractivity contribution >= 4 is 11.9 Å². The van der Waals surface area contributed by atoms with E-state index in [-0.39, 0.29) is 11.8 Å². The van der Waals surface area contributed by atoms with Crippen LogP contribution in [0.2, 0.25) is 0 Å². The van der Waals surface area contributed by atoms with Crippen molar-refractivity contribution in [2.24, 2.45) is 16.6 Å². The van der Waals surface area contributed by atoms with Gasteiger partial charge >= 0.3 is 0 Å². The summed E-state index contributed by atoms with van der Waals surface area (Å²) in [6.45, 7) is 7.10. The number of carbonyl (C=O) groups excluding carboxylic acids is 1. The Labute approximate surface area is 168 Å². The van der Waals surface area contributed by atoms with Crippen LogP contribution in [-0.4, -0.2) is 68.5 Å². The molecule has 1 aliphatic rings. The first kappa shape index (κ1) is 22.0.